The first-order valence-electron chi connectivity index (χ1n) is 4.68. The van der Waals surface area contributed by atoms with Gasteiger partial charge in [0.05, 0.1) is 0 Å². The number of hydrogen-bond acceptors (Lipinski definition) is 1. The highest BCUT2D eigenvalue weighted by Crippen LogP contribution is 2.10. The number of hydrogen-bond donors (Lipinski definition) is 1. The van der Waals surface area contributed by atoms with Gasteiger partial charge in [0.25, 0.3) is 0 Å². The number of rotatable bonds is 3. The van der Waals surface area contributed by atoms with Gasteiger partial charge >= 0.3 is 0 Å². The Morgan fingerprint density at radius 1 is 1.36 bits per heavy atom. The largest absolute Gasteiger partial charge is 0.326 e. The third-order valence-electron chi connectivity index (χ3n) is 1.95. The van der Waals surface area contributed by atoms with Gasteiger partial charge in [-0.3, -0.25) is 10.5 Å². The average Bonchev–Trinajstić information content (AvgIpc) is 2.19. The summed E-state index contributed by atoms with van der Waals surface area (Å²) in [5.74, 6) is 0.00877. The van der Waals surface area contributed by atoms with Crippen molar-refractivity contribution >= 4 is 11.6 Å². The van der Waals surface area contributed by atoms with E-state index in [4.69, 9.17) is 5.73 Å². The summed E-state index contributed by atoms with van der Waals surface area (Å²) in [6.45, 7) is 3.99. The Bertz CT molecular complexity index is 304. The maximum Gasteiger partial charge on any atom is 0.226 e. The van der Waals surface area contributed by atoms with Gasteiger partial charge in [0.2, 0.25) is 5.91 Å². The minimum Gasteiger partial charge on any atom is -0.326 e. The summed E-state index contributed by atoms with van der Waals surface area (Å²) in [5, 5.41) is 2.79. The molecule has 0 aliphatic carbocycles. The van der Waals surface area contributed by atoms with E-state index in [9.17, 15) is 4.79 Å². The van der Waals surface area contributed by atoms with Crippen molar-refractivity contribution in [3.63, 3.8) is 0 Å². The van der Waals surface area contributed by atoms with Crippen LogP contribution in [0.15, 0.2) is 24.3 Å². The molecule has 0 unspecified atom stereocenters. The summed E-state index contributed by atoms with van der Waals surface area (Å²) in [5.41, 5.74) is 8.88. The van der Waals surface area contributed by atoms with Crippen LogP contribution in [0.4, 0.5) is 5.69 Å². The van der Waals surface area contributed by atoms with Gasteiger partial charge in [-0.15, -0.1) is 0 Å². The fourth-order valence-electron chi connectivity index (χ4n) is 0.993. The van der Waals surface area contributed by atoms with Crippen LogP contribution in [0, 0.1) is 5.92 Å². The highest BCUT2D eigenvalue weighted by molar-refractivity contribution is 5.91. The van der Waals surface area contributed by atoms with E-state index in [1.165, 1.54) is 0 Å². The number of carbonyl (C=O) groups excluding carboxylic acids is 1. The smallest absolute Gasteiger partial charge is 0.226 e. The topological polar surface area (TPSA) is 52.9 Å². The number of anilines is 1. The SMILES string of the molecule is CC(C)C(=O)Nc1ccc(C[NH])cc1. The van der Waals surface area contributed by atoms with Crippen molar-refractivity contribution in [3.05, 3.63) is 29.8 Å². The van der Waals surface area contributed by atoms with Crippen LogP contribution in [-0.2, 0) is 11.3 Å². The zero-order valence-electron chi connectivity index (χ0n) is 8.50. The highest BCUT2D eigenvalue weighted by atomic mass is 16.1. The molecule has 1 aromatic carbocycles. The van der Waals surface area contributed by atoms with Crippen LogP contribution in [0.25, 0.3) is 0 Å². The van der Waals surface area contributed by atoms with Crippen molar-refractivity contribution in [1.29, 1.82) is 0 Å². The van der Waals surface area contributed by atoms with Gasteiger partial charge in [-0.25, -0.2) is 0 Å². The molecule has 1 rings (SSSR count). The standard InChI is InChI=1S/C11H15N2O/c1-8(2)11(14)13-10-5-3-9(7-12)4-6-10/h3-6,8,12H,7H2,1-2H3,(H,13,14). The maximum absolute atomic E-state index is 11.3. The first-order valence-corrected chi connectivity index (χ1v) is 4.68. The molecule has 2 N–H and O–H groups in total. The summed E-state index contributed by atoms with van der Waals surface area (Å²) >= 11 is 0. The molecule has 0 aliphatic heterocycles. The van der Waals surface area contributed by atoms with Gasteiger partial charge in [-0.1, -0.05) is 26.0 Å². The molecule has 0 aromatic heterocycles. The normalized spacial score (nSPS) is 10.3. The molecule has 3 heteroatoms. The molecule has 0 saturated heterocycles. The molecule has 0 bridgehead atoms. The Labute approximate surface area is 84.3 Å². The molecule has 0 heterocycles. The molecule has 0 fully saturated rings. The predicted octanol–water partition coefficient (Wildman–Crippen LogP) is 2.06. The summed E-state index contributed by atoms with van der Waals surface area (Å²) in [7, 11) is 0. The predicted molar refractivity (Wildman–Crippen MR) is 56.7 cm³/mol. The molecule has 75 valence electrons. The molecule has 0 spiro atoms. The zero-order valence-corrected chi connectivity index (χ0v) is 8.50. The van der Waals surface area contributed by atoms with Crippen molar-refractivity contribution in [1.82, 2.24) is 5.73 Å². The Morgan fingerprint density at radius 2 is 1.93 bits per heavy atom. The Hall–Kier alpha value is -1.35. The third-order valence-corrected chi connectivity index (χ3v) is 1.95. The van der Waals surface area contributed by atoms with Crippen LogP contribution >= 0.6 is 0 Å². The van der Waals surface area contributed by atoms with Crippen molar-refractivity contribution in [3.8, 4) is 0 Å². The fourth-order valence-corrected chi connectivity index (χ4v) is 0.993. The Balaban J connectivity index is 2.64. The second-order valence-electron chi connectivity index (χ2n) is 3.52. The van der Waals surface area contributed by atoms with E-state index in [0.29, 0.717) is 0 Å². The van der Waals surface area contributed by atoms with E-state index in [1.54, 1.807) is 0 Å². The molecule has 1 amide bonds. The zero-order chi connectivity index (χ0) is 10.6. The first kappa shape index (κ1) is 10.7. The fraction of sp³-hybridized carbons (Fsp3) is 0.364. The van der Waals surface area contributed by atoms with Gasteiger partial charge < -0.3 is 5.32 Å². The summed E-state index contributed by atoms with van der Waals surface area (Å²) in [4.78, 5) is 11.3. The molecule has 1 aromatic rings. The number of amides is 1. The van der Waals surface area contributed by atoms with Crippen molar-refractivity contribution < 1.29 is 4.79 Å². The minimum atomic E-state index is -0.00847. The highest BCUT2D eigenvalue weighted by Gasteiger charge is 2.06. The molecular formula is C11H15N2O. The maximum atomic E-state index is 11.3. The lowest BCUT2D eigenvalue weighted by Gasteiger charge is -2.07. The van der Waals surface area contributed by atoms with E-state index in [0.717, 1.165) is 11.3 Å². The number of nitrogens with one attached hydrogen (secondary N) is 2. The van der Waals surface area contributed by atoms with E-state index < -0.39 is 0 Å². The quantitative estimate of drug-likeness (QED) is 0.781. The molecule has 14 heavy (non-hydrogen) atoms. The minimum absolute atomic E-state index is 0.00847. The summed E-state index contributed by atoms with van der Waals surface area (Å²) in [6, 6.07) is 7.35. The van der Waals surface area contributed by atoms with Gasteiger partial charge in [-0.2, -0.15) is 0 Å². The monoisotopic (exact) mass is 191 g/mol. The molecule has 3 nitrogen and oxygen atoms in total. The second-order valence-corrected chi connectivity index (χ2v) is 3.52. The van der Waals surface area contributed by atoms with Crippen LogP contribution in [0.3, 0.4) is 0 Å². The third kappa shape index (κ3) is 2.85. The van der Waals surface area contributed by atoms with E-state index >= 15 is 0 Å². The number of benzene rings is 1. The van der Waals surface area contributed by atoms with Crippen LogP contribution in [0.2, 0.25) is 0 Å². The Kier molecular flexibility index (Phi) is 3.65. The molecule has 0 atom stereocenters. The lowest BCUT2D eigenvalue weighted by Crippen LogP contribution is -2.17. The van der Waals surface area contributed by atoms with Gasteiger partial charge in [0, 0.05) is 18.2 Å². The molecule has 0 saturated carbocycles. The van der Waals surface area contributed by atoms with Crippen LogP contribution in [-0.4, -0.2) is 5.91 Å². The van der Waals surface area contributed by atoms with Gasteiger partial charge in [0.1, 0.15) is 0 Å². The first-order chi connectivity index (χ1) is 6.63. The van der Waals surface area contributed by atoms with Crippen molar-refractivity contribution in [2.24, 2.45) is 5.92 Å². The summed E-state index contributed by atoms with van der Waals surface area (Å²) < 4.78 is 0. The molecular weight excluding hydrogens is 176 g/mol. The van der Waals surface area contributed by atoms with E-state index in [2.05, 4.69) is 5.32 Å². The second kappa shape index (κ2) is 4.77. The van der Waals surface area contributed by atoms with Crippen molar-refractivity contribution in [2.75, 3.05) is 5.32 Å². The lowest BCUT2D eigenvalue weighted by molar-refractivity contribution is -0.118. The molecule has 1 radical (unpaired) electrons. The van der Waals surface area contributed by atoms with E-state index in [-0.39, 0.29) is 18.4 Å². The van der Waals surface area contributed by atoms with E-state index in [1.807, 2.05) is 38.1 Å². The summed E-state index contributed by atoms with van der Waals surface area (Å²) in [6.07, 6.45) is 0. The van der Waals surface area contributed by atoms with Crippen LogP contribution in [0.1, 0.15) is 19.4 Å². The van der Waals surface area contributed by atoms with Crippen LogP contribution < -0.4 is 11.1 Å². The van der Waals surface area contributed by atoms with Crippen molar-refractivity contribution in [2.45, 2.75) is 20.4 Å². The Morgan fingerprint density at radius 3 is 2.36 bits per heavy atom. The lowest BCUT2D eigenvalue weighted by atomic mass is 10.2. The van der Waals surface area contributed by atoms with Gasteiger partial charge in [-0.05, 0) is 17.7 Å². The number of carbonyl (C=O) groups is 1. The van der Waals surface area contributed by atoms with Gasteiger partial charge in [0.15, 0.2) is 0 Å². The van der Waals surface area contributed by atoms with Crippen LogP contribution in [0.5, 0.6) is 0 Å². The average molecular weight is 191 g/mol. The molecule has 0 aliphatic rings.